The van der Waals surface area contributed by atoms with E-state index in [1.165, 1.54) is 58.1 Å². The molecule has 134 valence electrons. The first-order valence-corrected chi connectivity index (χ1v) is 10.3. The van der Waals surface area contributed by atoms with Crippen LogP contribution in [0.2, 0.25) is 0 Å². The van der Waals surface area contributed by atoms with Crippen LogP contribution in [0.25, 0.3) is 0 Å². The summed E-state index contributed by atoms with van der Waals surface area (Å²) in [7, 11) is 0. The molecule has 2 rings (SSSR count). The van der Waals surface area contributed by atoms with Crippen molar-refractivity contribution in [2.45, 2.75) is 62.3 Å². The van der Waals surface area contributed by atoms with E-state index in [-0.39, 0.29) is 0 Å². The van der Waals surface area contributed by atoms with Crippen LogP contribution in [0.5, 0.6) is 0 Å². The Balaban J connectivity index is 0.000000251. The van der Waals surface area contributed by atoms with E-state index in [2.05, 4.69) is 107 Å². The lowest BCUT2D eigenvalue weighted by Gasteiger charge is -2.14. The van der Waals surface area contributed by atoms with E-state index in [0.29, 0.717) is 0 Å². The Morgan fingerprint density at radius 3 is 1.24 bits per heavy atom. The molecule has 0 fully saturated rings. The molecule has 0 spiro atoms. The summed E-state index contributed by atoms with van der Waals surface area (Å²) >= 11 is 6.03. The zero-order valence-electron chi connectivity index (χ0n) is 16.8. The van der Waals surface area contributed by atoms with Gasteiger partial charge in [-0.2, -0.15) is 0 Å². The van der Waals surface area contributed by atoms with Crippen molar-refractivity contribution in [1.29, 1.82) is 0 Å². The summed E-state index contributed by atoms with van der Waals surface area (Å²) in [6.45, 7) is 19.3. The highest BCUT2D eigenvalue weighted by atomic mass is 127. The molecule has 2 aromatic rings. The first-order chi connectivity index (χ1) is 11.5. The van der Waals surface area contributed by atoms with Crippen LogP contribution in [0.15, 0.2) is 4.47 Å². The molecule has 0 radical (unpaired) electrons. The van der Waals surface area contributed by atoms with Crippen molar-refractivity contribution in [2.75, 3.05) is 0 Å². The summed E-state index contributed by atoms with van der Waals surface area (Å²) in [6.07, 6.45) is 5.49. The van der Waals surface area contributed by atoms with Gasteiger partial charge in [-0.05, 0) is 135 Å². The lowest BCUT2D eigenvalue weighted by molar-refractivity contribution is 1.16. The Morgan fingerprint density at radius 1 is 0.600 bits per heavy atom. The summed E-state index contributed by atoms with van der Waals surface area (Å²) in [5.74, 6) is 2.77. The van der Waals surface area contributed by atoms with E-state index in [0.717, 1.165) is 5.56 Å². The maximum Gasteiger partial charge on any atom is 0.0306 e. The van der Waals surface area contributed by atoms with Crippen molar-refractivity contribution in [3.63, 3.8) is 0 Å². The summed E-state index contributed by atoms with van der Waals surface area (Å²) in [5.41, 5.74) is 13.1. The van der Waals surface area contributed by atoms with E-state index in [9.17, 15) is 0 Å². The van der Waals surface area contributed by atoms with Crippen LogP contribution in [-0.2, 0) is 0 Å². The molecule has 0 nitrogen and oxygen atoms in total. The molecule has 0 aliphatic carbocycles. The zero-order valence-corrected chi connectivity index (χ0v) is 20.6. The third kappa shape index (κ3) is 4.31. The van der Waals surface area contributed by atoms with Gasteiger partial charge in [0, 0.05) is 13.6 Å². The monoisotopic (exact) mass is 510 g/mol. The maximum atomic E-state index is 5.49. The summed E-state index contributed by atoms with van der Waals surface area (Å²) in [6, 6.07) is 0. The molecule has 0 saturated carbocycles. The van der Waals surface area contributed by atoms with Crippen molar-refractivity contribution >= 4 is 38.5 Å². The quantitative estimate of drug-likeness (QED) is 0.254. The van der Waals surface area contributed by atoms with Crippen molar-refractivity contribution in [3.05, 3.63) is 63.7 Å². The van der Waals surface area contributed by atoms with Crippen LogP contribution in [0.1, 0.15) is 55.6 Å². The Labute approximate surface area is 176 Å². The van der Waals surface area contributed by atoms with Gasteiger partial charge in [-0.3, -0.25) is 0 Å². The van der Waals surface area contributed by atoms with Crippen molar-refractivity contribution < 1.29 is 0 Å². The minimum absolute atomic E-state index is 1.07. The highest BCUT2D eigenvalue weighted by Gasteiger charge is 2.10. The van der Waals surface area contributed by atoms with Gasteiger partial charge in [0.15, 0.2) is 0 Å². The van der Waals surface area contributed by atoms with Gasteiger partial charge >= 0.3 is 0 Å². The van der Waals surface area contributed by atoms with Gasteiger partial charge in [-0.15, -0.1) is 6.42 Å². The molecule has 0 atom stereocenters. The fourth-order valence-corrected chi connectivity index (χ4v) is 4.34. The van der Waals surface area contributed by atoms with E-state index in [4.69, 9.17) is 6.42 Å². The maximum absolute atomic E-state index is 5.49. The van der Waals surface area contributed by atoms with E-state index < -0.39 is 0 Å². The van der Waals surface area contributed by atoms with Crippen LogP contribution in [0, 0.1) is 78.2 Å². The fourth-order valence-electron chi connectivity index (χ4n) is 2.94. The smallest absolute Gasteiger partial charge is 0.0306 e. The Morgan fingerprint density at radius 2 is 0.920 bits per heavy atom. The number of terminal acetylenes is 1. The van der Waals surface area contributed by atoms with E-state index >= 15 is 0 Å². The second-order valence-corrected chi connectivity index (χ2v) is 8.64. The molecule has 25 heavy (non-hydrogen) atoms. The van der Waals surface area contributed by atoms with Crippen molar-refractivity contribution in [1.82, 2.24) is 0 Å². The van der Waals surface area contributed by atoms with Gasteiger partial charge in [0.25, 0.3) is 0 Å². The van der Waals surface area contributed by atoms with Crippen LogP contribution < -0.4 is 0 Å². The number of hydrogen-bond acceptors (Lipinski definition) is 0. The average molecular weight is 511 g/mol. The Hall–Kier alpha value is -0.790. The highest BCUT2D eigenvalue weighted by Crippen LogP contribution is 2.31. The largest absolute Gasteiger partial charge is 0.115 e. The lowest BCUT2D eigenvalue weighted by atomic mass is 9.90. The minimum Gasteiger partial charge on any atom is -0.115 e. The SMILES string of the molecule is C#Cc1c(C)c(C)c(C)c(C)c1C.Cc1c(C)c(I)c(C)c(C)c1Br. The molecule has 0 unspecified atom stereocenters. The molecule has 0 aromatic heterocycles. The van der Waals surface area contributed by atoms with E-state index in [1.807, 2.05) is 0 Å². The van der Waals surface area contributed by atoms with Gasteiger partial charge in [-0.25, -0.2) is 0 Å². The number of halogens is 2. The van der Waals surface area contributed by atoms with Crippen molar-refractivity contribution in [2.24, 2.45) is 0 Å². The molecule has 0 heterocycles. The molecule has 0 N–H and O–H groups in total. The molecular weight excluding hydrogens is 483 g/mol. The van der Waals surface area contributed by atoms with Gasteiger partial charge < -0.3 is 0 Å². The number of rotatable bonds is 0. The van der Waals surface area contributed by atoms with E-state index in [1.54, 1.807) is 0 Å². The number of benzene rings is 2. The van der Waals surface area contributed by atoms with Gasteiger partial charge in [0.2, 0.25) is 0 Å². The van der Waals surface area contributed by atoms with Crippen molar-refractivity contribution in [3.8, 4) is 12.3 Å². The minimum atomic E-state index is 1.07. The van der Waals surface area contributed by atoms with Crippen LogP contribution in [-0.4, -0.2) is 0 Å². The molecular formula is C23H28BrI. The molecule has 0 saturated heterocycles. The normalized spacial score (nSPS) is 10.2. The summed E-state index contributed by atoms with van der Waals surface area (Å²) < 4.78 is 2.66. The van der Waals surface area contributed by atoms with Gasteiger partial charge in [0.05, 0.1) is 0 Å². The first kappa shape index (κ1) is 22.3. The summed E-state index contributed by atoms with van der Waals surface area (Å²) in [5, 5.41) is 0. The average Bonchev–Trinajstić information content (AvgIpc) is 2.61. The third-order valence-electron chi connectivity index (χ3n) is 5.59. The second kappa shape index (κ2) is 8.73. The molecule has 0 aliphatic rings. The van der Waals surface area contributed by atoms with Gasteiger partial charge in [0.1, 0.15) is 0 Å². The Bertz CT molecular complexity index is 733. The summed E-state index contributed by atoms with van der Waals surface area (Å²) in [4.78, 5) is 0. The predicted molar refractivity (Wildman–Crippen MR) is 124 cm³/mol. The van der Waals surface area contributed by atoms with Crippen LogP contribution >= 0.6 is 38.5 Å². The molecule has 2 heteroatoms. The molecule has 0 bridgehead atoms. The van der Waals surface area contributed by atoms with Crippen LogP contribution in [0.4, 0.5) is 0 Å². The molecule has 0 aliphatic heterocycles. The zero-order chi connectivity index (χ0) is 19.6. The first-order valence-electron chi connectivity index (χ1n) is 8.42. The van der Waals surface area contributed by atoms with Crippen LogP contribution in [0.3, 0.4) is 0 Å². The Kier molecular flexibility index (Phi) is 7.77. The third-order valence-corrected chi connectivity index (χ3v) is 8.39. The lowest BCUT2D eigenvalue weighted by Crippen LogP contribution is -1.99. The standard InChI is InChI=1S/C13H16.C10H12BrI/c1-7-13-11(5)9(3)8(2)10(4)12(13)6;1-5-7(3)10(12)8(4)6(2)9(5)11/h1H,2-6H3;1-4H3. The molecule has 2 aromatic carbocycles. The molecule has 0 amide bonds. The second-order valence-electron chi connectivity index (χ2n) is 6.77. The highest BCUT2D eigenvalue weighted by molar-refractivity contribution is 14.1. The predicted octanol–water partition coefficient (Wildman–Crippen LogP) is 7.50. The van der Waals surface area contributed by atoms with Gasteiger partial charge in [-0.1, -0.05) is 21.9 Å². The fraction of sp³-hybridized carbons (Fsp3) is 0.391. The topological polar surface area (TPSA) is 0 Å². The number of hydrogen-bond donors (Lipinski definition) is 0.